The molecule has 2 aliphatic heterocycles. The number of amides is 2. The molecule has 1 aromatic carbocycles. The standard InChI is InChI=1S/C23H28N4O4/c1-15-11-21(25-16(2)24-15)31-19-7-9-26(10-8-19)23(29)17-12-22(28)27(14-17)18-5-4-6-20(13-18)30-3/h4-6,11,13,17,19H,7-10,12,14H2,1-3H3. The fourth-order valence-electron chi connectivity index (χ4n) is 4.27. The van der Waals surface area contributed by atoms with Gasteiger partial charge in [0.15, 0.2) is 0 Å². The number of aromatic nitrogens is 2. The number of hydrogen-bond donors (Lipinski definition) is 0. The summed E-state index contributed by atoms with van der Waals surface area (Å²) >= 11 is 0. The largest absolute Gasteiger partial charge is 0.497 e. The summed E-state index contributed by atoms with van der Waals surface area (Å²) in [6.07, 6.45) is 1.75. The van der Waals surface area contributed by atoms with Crippen molar-refractivity contribution in [2.24, 2.45) is 5.92 Å². The maximum Gasteiger partial charge on any atom is 0.228 e. The number of ether oxygens (including phenoxy) is 2. The summed E-state index contributed by atoms with van der Waals surface area (Å²) in [4.78, 5) is 37.8. The third-order valence-electron chi connectivity index (χ3n) is 5.82. The van der Waals surface area contributed by atoms with Gasteiger partial charge in [0.2, 0.25) is 17.7 Å². The van der Waals surface area contributed by atoms with Gasteiger partial charge in [-0.3, -0.25) is 9.59 Å². The highest BCUT2D eigenvalue weighted by Crippen LogP contribution is 2.29. The number of methoxy groups -OCH3 is 1. The van der Waals surface area contributed by atoms with Crippen molar-refractivity contribution < 1.29 is 19.1 Å². The van der Waals surface area contributed by atoms with E-state index in [2.05, 4.69) is 9.97 Å². The Kier molecular flexibility index (Phi) is 6.06. The first kappa shape index (κ1) is 21.1. The molecule has 1 unspecified atom stereocenters. The lowest BCUT2D eigenvalue weighted by atomic mass is 10.0. The minimum absolute atomic E-state index is 0.0243. The van der Waals surface area contributed by atoms with Gasteiger partial charge >= 0.3 is 0 Å². The van der Waals surface area contributed by atoms with Crippen LogP contribution in [0.3, 0.4) is 0 Å². The lowest BCUT2D eigenvalue weighted by Gasteiger charge is -2.33. The Morgan fingerprint density at radius 1 is 1.13 bits per heavy atom. The lowest BCUT2D eigenvalue weighted by molar-refractivity contribution is -0.137. The van der Waals surface area contributed by atoms with Crippen LogP contribution < -0.4 is 14.4 Å². The van der Waals surface area contributed by atoms with E-state index in [0.717, 1.165) is 24.2 Å². The van der Waals surface area contributed by atoms with Crippen molar-refractivity contribution in [3.05, 3.63) is 41.9 Å². The van der Waals surface area contributed by atoms with Crippen molar-refractivity contribution in [1.82, 2.24) is 14.9 Å². The minimum Gasteiger partial charge on any atom is -0.497 e. The maximum absolute atomic E-state index is 13.1. The highest BCUT2D eigenvalue weighted by molar-refractivity contribution is 6.00. The van der Waals surface area contributed by atoms with Crippen molar-refractivity contribution in [2.45, 2.75) is 39.2 Å². The zero-order chi connectivity index (χ0) is 22.0. The second-order valence-corrected chi connectivity index (χ2v) is 8.14. The molecular formula is C23H28N4O4. The van der Waals surface area contributed by atoms with Crippen molar-refractivity contribution >= 4 is 17.5 Å². The zero-order valence-electron chi connectivity index (χ0n) is 18.2. The van der Waals surface area contributed by atoms with Crippen LogP contribution in [0.15, 0.2) is 30.3 Å². The van der Waals surface area contributed by atoms with Gasteiger partial charge in [0.1, 0.15) is 17.7 Å². The molecule has 0 saturated carbocycles. The number of likely N-dealkylation sites (tertiary alicyclic amines) is 1. The maximum atomic E-state index is 13.1. The molecule has 0 aliphatic carbocycles. The summed E-state index contributed by atoms with van der Waals surface area (Å²) in [7, 11) is 1.59. The van der Waals surface area contributed by atoms with Gasteiger partial charge in [-0.2, -0.15) is 4.98 Å². The van der Waals surface area contributed by atoms with E-state index in [0.29, 0.717) is 37.1 Å². The average molecular weight is 425 g/mol. The van der Waals surface area contributed by atoms with Crippen LogP contribution in [0.2, 0.25) is 0 Å². The summed E-state index contributed by atoms with van der Waals surface area (Å²) in [6.45, 7) is 5.41. The highest BCUT2D eigenvalue weighted by atomic mass is 16.5. The Morgan fingerprint density at radius 2 is 1.90 bits per heavy atom. The van der Waals surface area contributed by atoms with Gasteiger partial charge < -0.3 is 19.3 Å². The summed E-state index contributed by atoms with van der Waals surface area (Å²) < 4.78 is 11.3. The van der Waals surface area contributed by atoms with Crippen LogP contribution >= 0.6 is 0 Å². The molecule has 8 heteroatoms. The van der Waals surface area contributed by atoms with E-state index in [1.54, 1.807) is 12.0 Å². The Hall–Kier alpha value is -3.16. The molecular weight excluding hydrogens is 396 g/mol. The molecule has 2 saturated heterocycles. The molecule has 2 aliphatic rings. The normalized spacial score (nSPS) is 19.6. The second kappa shape index (κ2) is 8.91. The van der Waals surface area contributed by atoms with Crippen molar-refractivity contribution in [3.63, 3.8) is 0 Å². The fourth-order valence-corrected chi connectivity index (χ4v) is 4.27. The molecule has 1 atom stereocenters. The quantitative estimate of drug-likeness (QED) is 0.733. The predicted octanol–water partition coefficient (Wildman–Crippen LogP) is 2.52. The van der Waals surface area contributed by atoms with Crippen LogP contribution in [0.25, 0.3) is 0 Å². The third kappa shape index (κ3) is 4.78. The number of carbonyl (C=O) groups is 2. The van der Waals surface area contributed by atoms with Gasteiger partial charge in [-0.05, 0) is 26.0 Å². The molecule has 0 N–H and O–H groups in total. The number of rotatable bonds is 5. The van der Waals surface area contributed by atoms with Gasteiger partial charge in [0.05, 0.1) is 13.0 Å². The smallest absolute Gasteiger partial charge is 0.228 e. The van der Waals surface area contributed by atoms with E-state index in [1.807, 2.05) is 49.1 Å². The number of benzene rings is 1. The topological polar surface area (TPSA) is 84.9 Å². The number of aryl methyl sites for hydroxylation is 2. The second-order valence-electron chi connectivity index (χ2n) is 8.14. The van der Waals surface area contributed by atoms with Crippen LogP contribution in [0.1, 0.15) is 30.8 Å². The highest BCUT2D eigenvalue weighted by Gasteiger charge is 2.38. The Morgan fingerprint density at radius 3 is 2.61 bits per heavy atom. The van der Waals surface area contributed by atoms with Gasteiger partial charge in [0, 0.05) is 62.4 Å². The Balaban J connectivity index is 1.33. The summed E-state index contributed by atoms with van der Waals surface area (Å²) in [6, 6.07) is 9.21. The van der Waals surface area contributed by atoms with Crippen LogP contribution in [0.5, 0.6) is 11.6 Å². The van der Waals surface area contributed by atoms with Crippen molar-refractivity contribution in [3.8, 4) is 11.6 Å². The van der Waals surface area contributed by atoms with Crippen LogP contribution in [-0.2, 0) is 9.59 Å². The third-order valence-corrected chi connectivity index (χ3v) is 5.82. The minimum atomic E-state index is -0.316. The van der Waals surface area contributed by atoms with E-state index in [-0.39, 0.29) is 30.3 Å². The summed E-state index contributed by atoms with van der Waals surface area (Å²) in [5.41, 5.74) is 1.64. The molecule has 2 aromatic rings. The first-order valence-electron chi connectivity index (χ1n) is 10.6. The molecule has 2 fully saturated rings. The predicted molar refractivity (Wildman–Crippen MR) is 115 cm³/mol. The molecule has 1 aromatic heterocycles. The van der Waals surface area contributed by atoms with E-state index in [1.165, 1.54) is 0 Å². The molecule has 164 valence electrons. The monoisotopic (exact) mass is 424 g/mol. The van der Waals surface area contributed by atoms with Crippen molar-refractivity contribution in [1.29, 1.82) is 0 Å². The van der Waals surface area contributed by atoms with Gasteiger partial charge in [-0.1, -0.05) is 6.07 Å². The van der Waals surface area contributed by atoms with E-state index in [4.69, 9.17) is 9.47 Å². The van der Waals surface area contributed by atoms with Gasteiger partial charge in [0.25, 0.3) is 0 Å². The van der Waals surface area contributed by atoms with Crippen LogP contribution in [-0.4, -0.2) is 59.5 Å². The van der Waals surface area contributed by atoms with Crippen LogP contribution in [0, 0.1) is 19.8 Å². The Bertz CT molecular complexity index is 952. The average Bonchev–Trinajstić information content (AvgIpc) is 3.15. The summed E-state index contributed by atoms with van der Waals surface area (Å²) in [5, 5.41) is 0. The molecule has 4 rings (SSSR count). The van der Waals surface area contributed by atoms with Crippen LogP contribution in [0.4, 0.5) is 5.69 Å². The van der Waals surface area contributed by atoms with E-state index in [9.17, 15) is 9.59 Å². The van der Waals surface area contributed by atoms with Gasteiger partial charge in [-0.25, -0.2) is 4.98 Å². The number of anilines is 1. The molecule has 8 nitrogen and oxygen atoms in total. The molecule has 3 heterocycles. The molecule has 0 spiro atoms. The number of piperidine rings is 1. The molecule has 0 bridgehead atoms. The fraction of sp³-hybridized carbons (Fsp3) is 0.478. The number of carbonyl (C=O) groups excluding carboxylic acids is 2. The Labute approximate surface area is 182 Å². The first-order valence-corrected chi connectivity index (χ1v) is 10.6. The first-order chi connectivity index (χ1) is 14.9. The van der Waals surface area contributed by atoms with E-state index < -0.39 is 0 Å². The van der Waals surface area contributed by atoms with Crippen molar-refractivity contribution in [2.75, 3.05) is 31.6 Å². The van der Waals surface area contributed by atoms with E-state index >= 15 is 0 Å². The van der Waals surface area contributed by atoms with Gasteiger partial charge in [-0.15, -0.1) is 0 Å². The molecule has 2 amide bonds. The lowest BCUT2D eigenvalue weighted by Crippen LogP contribution is -2.45. The molecule has 0 radical (unpaired) electrons. The SMILES string of the molecule is COc1cccc(N2CC(C(=O)N3CCC(Oc4cc(C)nc(C)n4)CC3)CC2=O)c1. The number of nitrogens with zero attached hydrogens (tertiary/aromatic N) is 4. The summed E-state index contributed by atoms with van der Waals surface area (Å²) in [5.74, 6) is 1.67. The molecule has 31 heavy (non-hydrogen) atoms. The zero-order valence-corrected chi connectivity index (χ0v) is 18.2. The number of hydrogen-bond acceptors (Lipinski definition) is 6.